The van der Waals surface area contributed by atoms with E-state index < -0.39 is 8.07 Å². The van der Waals surface area contributed by atoms with Gasteiger partial charge in [0.1, 0.15) is 6.73 Å². The summed E-state index contributed by atoms with van der Waals surface area (Å²) < 4.78 is 9.74. The van der Waals surface area contributed by atoms with Crippen molar-refractivity contribution in [3.8, 4) is 0 Å². The Bertz CT molecular complexity index is 718. The van der Waals surface area contributed by atoms with E-state index in [9.17, 15) is 4.79 Å². The third-order valence-electron chi connectivity index (χ3n) is 3.37. The Balaban J connectivity index is 2.28. The molecular weight excluding hydrogens is 372 g/mol. The van der Waals surface area contributed by atoms with Gasteiger partial charge in [-0.2, -0.15) is 0 Å². The predicted molar refractivity (Wildman–Crippen MR) is 94.0 cm³/mol. The van der Waals surface area contributed by atoms with Crippen molar-refractivity contribution in [3.63, 3.8) is 0 Å². The van der Waals surface area contributed by atoms with Crippen LogP contribution >= 0.6 is 27.5 Å². The van der Waals surface area contributed by atoms with Gasteiger partial charge in [0.25, 0.3) is 0 Å². The van der Waals surface area contributed by atoms with E-state index in [1.54, 1.807) is 28.3 Å². The summed E-state index contributed by atoms with van der Waals surface area (Å²) in [5.41, 5.74) is 1.52. The molecule has 0 saturated heterocycles. The summed E-state index contributed by atoms with van der Waals surface area (Å²) >= 11 is 9.55. The van der Waals surface area contributed by atoms with Crippen LogP contribution in [-0.2, 0) is 18.5 Å². The number of fused-ring (bicyclic) bond motifs is 1. The van der Waals surface area contributed by atoms with Crippen LogP contribution in [0.15, 0.2) is 21.4 Å². The molecule has 0 radical (unpaired) electrons. The fraction of sp³-hybridized carbons (Fsp3) is 0.500. The number of hydrogen-bond donors (Lipinski definition) is 0. The van der Waals surface area contributed by atoms with Crippen LogP contribution in [0.1, 0.15) is 0 Å². The van der Waals surface area contributed by atoms with E-state index in [4.69, 9.17) is 16.3 Å². The molecule has 7 heteroatoms. The van der Waals surface area contributed by atoms with Gasteiger partial charge in [-0.05, 0) is 34.1 Å². The van der Waals surface area contributed by atoms with Crippen LogP contribution in [0.3, 0.4) is 0 Å². The summed E-state index contributed by atoms with van der Waals surface area (Å²) in [5, 5.41) is 0.593. The van der Waals surface area contributed by atoms with Crippen LogP contribution in [0.2, 0.25) is 30.7 Å². The van der Waals surface area contributed by atoms with E-state index in [0.717, 1.165) is 21.6 Å². The minimum absolute atomic E-state index is 0.0963. The van der Waals surface area contributed by atoms with Gasteiger partial charge in [0.2, 0.25) is 0 Å². The highest BCUT2D eigenvalue weighted by molar-refractivity contribution is 9.10. The third-order valence-corrected chi connectivity index (χ3v) is 5.90. The first-order valence-electron chi connectivity index (χ1n) is 6.83. The molecule has 0 bridgehead atoms. The van der Waals surface area contributed by atoms with E-state index in [2.05, 4.69) is 35.6 Å². The number of nitrogens with zero attached hydrogens (tertiary/aromatic N) is 2. The molecule has 21 heavy (non-hydrogen) atoms. The van der Waals surface area contributed by atoms with Gasteiger partial charge in [0.15, 0.2) is 0 Å². The summed E-state index contributed by atoms with van der Waals surface area (Å²) in [6, 6.07) is 4.67. The Morgan fingerprint density at radius 1 is 1.33 bits per heavy atom. The first kappa shape index (κ1) is 16.8. The molecule has 0 unspecified atom stereocenters. The van der Waals surface area contributed by atoms with Gasteiger partial charge in [-0.3, -0.25) is 9.13 Å². The first-order chi connectivity index (χ1) is 9.70. The average Bonchev–Trinajstić information content (AvgIpc) is 2.57. The molecule has 0 aliphatic heterocycles. The minimum atomic E-state index is -1.12. The molecule has 0 amide bonds. The smallest absolute Gasteiger partial charge is 0.330 e. The third kappa shape index (κ3) is 3.80. The van der Waals surface area contributed by atoms with Crippen molar-refractivity contribution in [1.82, 2.24) is 9.13 Å². The van der Waals surface area contributed by atoms with Crippen LogP contribution < -0.4 is 5.69 Å². The Labute approximate surface area is 138 Å². The maximum absolute atomic E-state index is 12.3. The SMILES string of the molecule is Cn1c(=O)n(COCC[Si](C)(C)C)c2cc(Cl)cc(Br)c21. The van der Waals surface area contributed by atoms with Crippen LogP contribution in [0, 0.1) is 0 Å². The molecule has 0 N–H and O–H groups in total. The fourth-order valence-electron chi connectivity index (χ4n) is 2.13. The van der Waals surface area contributed by atoms with Gasteiger partial charge >= 0.3 is 5.69 Å². The predicted octanol–water partition coefficient (Wildman–Crippen LogP) is 4.07. The van der Waals surface area contributed by atoms with E-state index in [0.29, 0.717) is 11.6 Å². The van der Waals surface area contributed by atoms with Gasteiger partial charge in [0, 0.05) is 31.2 Å². The highest BCUT2D eigenvalue weighted by Gasteiger charge is 2.15. The summed E-state index contributed by atoms with van der Waals surface area (Å²) in [5.74, 6) is 0. The van der Waals surface area contributed by atoms with Gasteiger partial charge in [0.05, 0.1) is 11.0 Å². The second-order valence-electron chi connectivity index (χ2n) is 6.37. The average molecular weight is 392 g/mol. The highest BCUT2D eigenvalue weighted by Crippen LogP contribution is 2.27. The van der Waals surface area contributed by atoms with Crippen molar-refractivity contribution < 1.29 is 4.74 Å². The van der Waals surface area contributed by atoms with Crippen molar-refractivity contribution in [1.29, 1.82) is 0 Å². The number of halogens is 2. The maximum Gasteiger partial charge on any atom is 0.330 e. The van der Waals surface area contributed by atoms with Crippen molar-refractivity contribution in [3.05, 3.63) is 32.1 Å². The zero-order chi connectivity index (χ0) is 15.8. The standard InChI is InChI=1S/C14H20BrClN2O2Si/c1-17-13-11(15)7-10(16)8-12(13)18(14(17)19)9-20-5-6-21(2,3)4/h7-8H,5-6,9H2,1-4H3. The van der Waals surface area contributed by atoms with Crippen LogP contribution in [0.5, 0.6) is 0 Å². The molecular formula is C14H20BrClN2O2Si. The lowest BCUT2D eigenvalue weighted by molar-refractivity contribution is 0.0873. The molecule has 0 aliphatic carbocycles. The van der Waals surface area contributed by atoms with Crippen LogP contribution in [-0.4, -0.2) is 23.8 Å². The first-order valence-corrected chi connectivity index (χ1v) is 11.7. The largest absolute Gasteiger partial charge is 0.361 e. The van der Waals surface area contributed by atoms with Crippen molar-refractivity contribution in [2.45, 2.75) is 32.4 Å². The molecule has 0 spiro atoms. The van der Waals surface area contributed by atoms with Gasteiger partial charge in [-0.15, -0.1) is 0 Å². The number of rotatable bonds is 5. The molecule has 0 atom stereocenters. The summed E-state index contributed by atoms with van der Waals surface area (Å²) in [6.07, 6.45) is 0. The van der Waals surface area contributed by atoms with E-state index in [1.165, 1.54) is 0 Å². The van der Waals surface area contributed by atoms with Gasteiger partial charge in [-0.1, -0.05) is 31.2 Å². The monoisotopic (exact) mass is 390 g/mol. The number of ether oxygens (including phenoxy) is 1. The number of benzene rings is 1. The normalized spacial score (nSPS) is 12.3. The van der Waals surface area contributed by atoms with Gasteiger partial charge < -0.3 is 4.74 Å². The molecule has 2 rings (SSSR count). The van der Waals surface area contributed by atoms with Crippen molar-refractivity contribution in [2.24, 2.45) is 7.05 Å². The Hall–Kier alpha value is -0.563. The second-order valence-corrected chi connectivity index (χ2v) is 13.3. The maximum atomic E-state index is 12.3. The molecule has 1 aromatic heterocycles. The second kappa shape index (κ2) is 6.28. The molecule has 1 heterocycles. The minimum Gasteiger partial charge on any atom is -0.361 e. The van der Waals surface area contributed by atoms with Crippen LogP contribution in [0.4, 0.5) is 0 Å². The number of hydrogen-bond acceptors (Lipinski definition) is 2. The molecule has 0 fully saturated rings. The van der Waals surface area contributed by atoms with Gasteiger partial charge in [-0.25, -0.2) is 4.79 Å². The zero-order valence-electron chi connectivity index (χ0n) is 12.7. The molecule has 116 valence electrons. The summed E-state index contributed by atoms with van der Waals surface area (Å²) in [7, 11) is 0.630. The zero-order valence-corrected chi connectivity index (χ0v) is 16.1. The molecule has 0 saturated carbocycles. The molecule has 4 nitrogen and oxygen atoms in total. The van der Waals surface area contributed by atoms with Crippen LogP contribution in [0.25, 0.3) is 11.0 Å². The van der Waals surface area contributed by atoms with E-state index in [-0.39, 0.29) is 12.4 Å². The molecule has 0 aliphatic rings. The van der Waals surface area contributed by atoms with Crippen molar-refractivity contribution in [2.75, 3.05) is 6.61 Å². The summed E-state index contributed by atoms with van der Waals surface area (Å²) in [6.45, 7) is 7.85. The summed E-state index contributed by atoms with van der Waals surface area (Å²) in [4.78, 5) is 12.3. The number of aromatic nitrogens is 2. The number of aryl methyl sites for hydroxylation is 1. The lowest BCUT2D eigenvalue weighted by Crippen LogP contribution is -2.25. The Morgan fingerprint density at radius 3 is 2.62 bits per heavy atom. The highest BCUT2D eigenvalue weighted by atomic mass is 79.9. The number of imidazole rings is 1. The Kier molecular flexibility index (Phi) is 5.02. The lowest BCUT2D eigenvalue weighted by Gasteiger charge is -2.15. The lowest BCUT2D eigenvalue weighted by atomic mass is 10.3. The fourth-order valence-corrected chi connectivity index (χ4v) is 3.95. The topological polar surface area (TPSA) is 36.2 Å². The molecule has 2 aromatic rings. The molecule has 1 aromatic carbocycles. The quantitative estimate of drug-likeness (QED) is 0.569. The Morgan fingerprint density at radius 2 is 2.00 bits per heavy atom. The van der Waals surface area contributed by atoms with Crippen molar-refractivity contribution >= 4 is 46.6 Å². The van der Waals surface area contributed by atoms with E-state index >= 15 is 0 Å². The van der Waals surface area contributed by atoms with E-state index in [1.807, 2.05) is 0 Å².